The molecule has 1 aromatic heterocycles. The summed E-state index contributed by atoms with van der Waals surface area (Å²) in [5, 5.41) is 20.7. The lowest BCUT2D eigenvalue weighted by atomic mass is 10.1. The first-order chi connectivity index (χ1) is 7.72. The molecule has 16 heavy (non-hydrogen) atoms. The van der Waals surface area contributed by atoms with Gasteiger partial charge in [-0.25, -0.2) is 0 Å². The van der Waals surface area contributed by atoms with Crippen molar-refractivity contribution in [2.24, 2.45) is 0 Å². The van der Waals surface area contributed by atoms with Crippen molar-refractivity contribution in [2.75, 3.05) is 6.61 Å². The normalized spacial score (nSPS) is 12.9. The van der Waals surface area contributed by atoms with Crippen molar-refractivity contribution in [2.45, 2.75) is 24.1 Å². The summed E-state index contributed by atoms with van der Waals surface area (Å²) < 4.78 is 0. The summed E-state index contributed by atoms with van der Waals surface area (Å²) in [7, 11) is 0. The highest BCUT2D eigenvalue weighted by Gasteiger charge is 2.10. The Morgan fingerprint density at radius 1 is 1.25 bits per heavy atom. The van der Waals surface area contributed by atoms with E-state index in [0.717, 1.165) is 21.5 Å². The molecule has 0 aliphatic carbocycles. The molecule has 0 amide bonds. The van der Waals surface area contributed by atoms with E-state index in [1.807, 2.05) is 38.1 Å². The highest BCUT2D eigenvalue weighted by molar-refractivity contribution is 8.00. The highest BCUT2D eigenvalue weighted by atomic mass is 32.2. The quantitative estimate of drug-likeness (QED) is 0.828. The van der Waals surface area contributed by atoms with Crippen LogP contribution in [0.3, 0.4) is 0 Å². The van der Waals surface area contributed by atoms with Crippen molar-refractivity contribution in [3.05, 3.63) is 30.0 Å². The minimum atomic E-state index is 0.139. The van der Waals surface area contributed by atoms with Gasteiger partial charge in [-0.1, -0.05) is 43.0 Å². The Hall–Kier alpha value is -1.13. The molecule has 0 bridgehead atoms. The molecule has 0 aliphatic rings. The van der Waals surface area contributed by atoms with E-state index >= 15 is 0 Å². The average molecular weight is 234 g/mol. The molecule has 1 aromatic carbocycles. The van der Waals surface area contributed by atoms with Gasteiger partial charge in [0.05, 0.1) is 12.3 Å². The Labute approximate surface area is 98.9 Å². The third-order valence-corrected chi connectivity index (χ3v) is 3.48. The van der Waals surface area contributed by atoms with Gasteiger partial charge in [0.2, 0.25) is 0 Å². The Kier molecular flexibility index (Phi) is 3.41. The molecule has 1 atom stereocenters. The standard InChI is InChI=1S/C12H14N2OS/c1-8(7-15)16-12-11-6-4-3-5-10(11)9(2)13-14-12/h3-6,8,15H,7H2,1-2H3. The number of aromatic nitrogens is 2. The van der Waals surface area contributed by atoms with Crippen LogP contribution in [0.4, 0.5) is 0 Å². The van der Waals surface area contributed by atoms with E-state index in [-0.39, 0.29) is 11.9 Å². The van der Waals surface area contributed by atoms with Crippen LogP contribution in [0, 0.1) is 6.92 Å². The number of aliphatic hydroxyl groups excluding tert-OH is 1. The van der Waals surface area contributed by atoms with Crippen LogP contribution >= 0.6 is 11.8 Å². The molecule has 0 saturated heterocycles. The molecule has 0 saturated carbocycles. The topological polar surface area (TPSA) is 46.0 Å². The van der Waals surface area contributed by atoms with E-state index in [1.165, 1.54) is 0 Å². The third-order valence-electron chi connectivity index (χ3n) is 2.41. The number of nitrogens with zero attached hydrogens (tertiary/aromatic N) is 2. The number of aliphatic hydroxyl groups is 1. The van der Waals surface area contributed by atoms with Crippen molar-refractivity contribution in [1.82, 2.24) is 10.2 Å². The summed E-state index contributed by atoms with van der Waals surface area (Å²) in [5.41, 5.74) is 0.941. The smallest absolute Gasteiger partial charge is 0.127 e. The molecule has 1 N–H and O–H groups in total. The van der Waals surface area contributed by atoms with E-state index in [0.29, 0.717) is 0 Å². The molecule has 84 valence electrons. The van der Waals surface area contributed by atoms with Crippen molar-refractivity contribution in [3.63, 3.8) is 0 Å². The number of fused-ring (bicyclic) bond motifs is 1. The number of hydrogen-bond donors (Lipinski definition) is 1. The van der Waals surface area contributed by atoms with Crippen molar-refractivity contribution >= 4 is 22.5 Å². The van der Waals surface area contributed by atoms with Gasteiger partial charge in [-0.2, -0.15) is 5.10 Å². The molecule has 0 aliphatic heterocycles. The molecule has 2 aromatic rings. The predicted molar refractivity (Wildman–Crippen MR) is 66.7 cm³/mol. The summed E-state index contributed by atoms with van der Waals surface area (Å²) in [6.07, 6.45) is 0. The first-order valence-electron chi connectivity index (χ1n) is 5.22. The number of thioether (sulfide) groups is 1. The monoisotopic (exact) mass is 234 g/mol. The molecule has 1 unspecified atom stereocenters. The summed E-state index contributed by atoms with van der Waals surface area (Å²) in [5.74, 6) is 0. The van der Waals surface area contributed by atoms with Crippen molar-refractivity contribution < 1.29 is 5.11 Å². The van der Waals surface area contributed by atoms with Crippen LogP contribution in [0.1, 0.15) is 12.6 Å². The van der Waals surface area contributed by atoms with E-state index in [4.69, 9.17) is 5.11 Å². The minimum absolute atomic E-state index is 0.139. The number of hydrogen-bond acceptors (Lipinski definition) is 4. The summed E-state index contributed by atoms with van der Waals surface area (Å²) in [6, 6.07) is 8.09. The van der Waals surface area contributed by atoms with Gasteiger partial charge >= 0.3 is 0 Å². The number of rotatable bonds is 3. The fraction of sp³-hybridized carbons (Fsp3) is 0.333. The lowest BCUT2D eigenvalue weighted by Gasteiger charge is -2.09. The van der Waals surface area contributed by atoms with Crippen LogP contribution < -0.4 is 0 Å². The SMILES string of the molecule is Cc1nnc(SC(C)CO)c2ccccc12. The highest BCUT2D eigenvalue weighted by Crippen LogP contribution is 2.28. The molecule has 2 rings (SSSR count). The molecule has 3 nitrogen and oxygen atoms in total. The zero-order chi connectivity index (χ0) is 11.5. The van der Waals surface area contributed by atoms with Crippen LogP contribution in [-0.2, 0) is 0 Å². The molecule has 0 radical (unpaired) electrons. The molecule has 4 heteroatoms. The molecule has 0 fully saturated rings. The zero-order valence-electron chi connectivity index (χ0n) is 9.34. The van der Waals surface area contributed by atoms with E-state index in [9.17, 15) is 0 Å². The molecule has 0 spiro atoms. The largest absolute Gasteiger partial charge is 0.395 e. The molecular formula is C12H14N2OS. The Balaban J connectivity index is 2.50. The minimum Gasteiger partial charge on any atom is -0.395 e. The van der Waals surface area contributed by atoms with E-state index in [1.54, 1.807) is 11.8 Å². The van der Waals surface area contributed by atoms with Gasteiger partial charge in [-0.05, 0) is 6.92 Å². The Morgan fingerprint density at radius 3 is 2.62 bits per heavy atom. The summed E-state index contributed by atoms with van der Waals surface area (Å²) >= 11 is 1.56. The second-order valence-corrected chi connectivity index (χ2v) is 5.17. The number of aryl methyl sites for hydroxylation is 1. The van der Waals surface area contributed by atoms with Crippen LogP contribution in [0.15, 0.2) is 29.3 Å². The lowest BCUT2D eigenvalue weighted by Crippen LogP contribution is -2.03. The van der Waals surface area contributed by atoms with Crippen LogP contribution in [-0.4, -0.2) is 27.2 Å². The summed E-state index contributed by atoms with van der Waals surface area (Å²) in [4.78, 5) is 0. The van der Waals surface area contributed by atoms with Crippen molar-refractivity contribution in [1.29, 1.82) is 0 Å². The van der Waals surface area contributed by atoms with Gasteiger partial charge in [0.1, 0.15) is 5.03 Å². The van der Waals surface area contributed by atoms with E-state index < -0.39 is 0 Å². The fourth-order valence-electron chi connectivity index (χ4n) is 1.53. The average Bonchev–Trinajstić information content (AvgIpc) is 2.33. The second kappa shape index (κ2) is 4.80. The Morgan fingerprint density at radius 2 is 1.94 bits per heavy atom. The fourth-order valence-corrected chi connectivity index (χ4v) is 2.38. The van der Waals surface area contributed by atoms with Gasteiger partial charge in [-0.15, -0.1) is 5.10 Å². The zero-order valence-corrected chi connectivity index (χ0v) is 10.2. The summed E-state index contributed by atoms with van der Waals surface area (Å²) in [6.45, 7) is 4.08. The maximum atomic E-state index is 9.05. The van der Waals surface area contributed by atoms with Crippen molar-refractivity contribution in [3.8, 4) is 0 Å². The predicted octanol–water partition coefficient (Wildman–Crippen LogP) is 2.41. The van der Waals surface area contributed by atoms with Gasteiger partial charge in [0.25, 0.3) is 0 Å². The van der Waals surface area contributed by atoms with Gasteiger partial charge in [-0.3, -0.25) is 0 Å². The van der Waals surface area contributed by atoms with Gasteiger partial charge < -0.3 is 5.11 Å². The maximum Gasteiger partial charge on any atom is 0.127 e. The maximum absolute atomic E-state index is 9.05. The molecule has 1 heterocycles. The van der Waals surface area contributed by atoms with Crippen LogP contribution in [0.25, 0.3) is 10.8 Å². The lowest BCUT2D eigenvalue weighted by molar-refractivity contribution is 0.300. The first-order valence-corrected chi connectivity index (χ1v) is 6.10. The second-order valence-electron chi connectivity index (χ2n) is 3.75. The van der Waals surface area contributed by atoms with Crippen LogP contribution in [0.2, 0.25) is 0 Å². The number of benzene rings is 1. The van der Waals surface area contributed by atoms with E-state index in [2.05, 4.69) is 10.2 Å². The third kappa shape index (κ3) is 2.18. The van der Waals surface area contributed by atoms with Gasteiger partial charge in [0, 0.05) is 16.0 Å². The van der Waals surface area contributed by atoms with Gasteiger partial charge in [0.15, 0.2) is 0 Å². The van der Waals surface area contributed by atoms with Crippen LogP contribution in [0.5, 0.6) is 0 Å². The Bertz CT molecular complexity index is 501. The molecular weight excluding hydrogens is 220 g/mol. The first kappa shape index (κ1) is 11.4.